The molecule has 1 heterocycles. The fourth-order valence-corrected chi connectivity index (χ4v) is 1.95. The standard InChI is InChI=1S/C13H16N2O3/c1-3-18-13(17)14-8(2)9-4-5-11-10(6-9)7-12(16)15-11/h4-6,8H,3,7H2,1-2H3,(H,14,17)(H,15,16)/t8-/m0/s1. The molecule has 1 atom stereocenters. The van der Waals surface area contributed by atoms with Crippen LogP contribution in [0.3, 0.4) is 0 Å². The molecule has 0 aliphatic carbocycles. The zero-order chi connectivity index (χ0) is 13.1. The van der Waals surface area contributed by atoms with Crippen molar-refractivity contribution in [1.82, 2.24) is 5.32 Å². The molecule has 0 aromatic heterocycles. The Morgan fingerprint density at radius 2 is 2.33 bits per heavy atom. The highest BCUT2D eigenvalue weighted by Crippen LogP contribution is 2.26. The first-order chi connectivity index (χ1) is 8.60. The molecule has 5 nitrogen and oxygen atoms in total. The van der Waals surface area contributed by atoms with Crippen LogP contribution in [0, 0.1) is 0 Å². The molecule has 1 aliphatic heterocycles. The van der Waals surface area contributed by atoms with Crippen molar-refractivity contribution in [3.05, 3.63) is 29.3 Å². The van der Waals surface area contributed by atoms with Gasteiger partial charge in [-0.3, -0.25) is 4.79 Å². The van der Waals surface area contributed by atoms with Crippen LogP contribution < -0.4 is 10.6 Å². The number of carbonyl (C=O) groups is 2. The van der Waals surface area contributed by atoms with Gasteiger partial charge in [0.2, 0.25) is 5.91 Å². The van der Waals surface area contributed by atoms with Crippen LogP contribution in [0.5, 0.6) is 0 Å². The van der Waals surface area contributed by atoms with Crippen LogP contribution >= 0.6 is 0 Å². The fourth-order valence-electron chi connectivity index (χ4n) is 1.95. The van der Waals surface area contributed by atoms with E-state index in [2.05, 4.69) is 10.6 Å². The van der Waals surface area contributed by atoms with Gasteiger partial charge in [-0.15, -0.1) is 0 Å². The lowest BCUT2D eigenvalue weighted by Crippen LogP contribution is -2.27. The maximum Gasteiger partial charge on any atom is 0.407 e. The molecule has 2 N–H and O–H groups in total. The van der Waals surface area contributed by atoms with Gasteiger partial charge >= 0.3 is 6.09 Å². The summed E-state index contributed by atoms with van der Waals surface area (Å²) in [6.45, 7) is 3.99. The van der Waals surface area contributed by atoms with Gasteiger partial charge in [0.25, 0.3) is 0 Å². The summed E-state index contributed by atoms with van der Waals surface area (Å²) in [5.74, 6) is 0.00755. The predicted molar refractivity (Wildman–Crippen MR) is 67.3 cm³/mol. The van der Waals surface area contributed by atoms with Crippen molar-refractivity contribution in [2.24, 2.45) is 0 Å². The third-order valence-electron chi connectivity index (χ3n) is 2.86. The molecule has 2 rings (SSSR count). The summed E-state index contributed by atoms with van der Waals surface area (Å²) in [6, 6.07) is 5.54. The summed E-state index contributed by atoms with van der Waals surface area (Å²) in [4.78, 5) is 22.6. The van der Waals surface area contributed by atoms with E-state index in [1.165, 1.54) is 0 Å². The van der Waals surface area contributed by atoms with Crippen LogP contribution in [0.2, 0.25) is 0 Å². The Balaban J connectivity index is 2.08. The summed E-state index contributed by atoms with van der Waals surface area (Å²) in [5, 5.41) is 5.51. The molecule has 0 saturated heterocycles. The van der Waals surface area contributed by atoms with Crippen LogP contribution in [-0.2, 0) is 16.0 Å². The Labute approximate surface area is 106 Å². The second-order valence-electron chi connectivity index (χ2n) is 4.23. The van der Waals surface area contributed by atoms with Crippen LogP contribution in [-0.4, -0.2) is 18.6 Å². The maximum atomic E-state index is 11.3. The van der Waals surface area contributed by atoms with Gasteiger partial charge in [-0.2, -0.15) is 0 Å². The number of hydrogen-bond donors (Lipinski definition) is 2. The van der Waals surface area contributed by atoms with Crippen molar-refractivity contribution in [3.8, 4) is 0 Å². The lowest BCUT2D eigenvalue weighted by atomic mass is 10.0. The number of carbonyl (C=O) groups excluding carboxylic acids is 2. The quantitative estimate of drug-likeness (QED) is 0.859. The minimum absolute atomic E-state index is 0.00755. The van der Waals surface area contributed by atoms with E-state index in [0.717, 1.165) is 16.8 Å². The molecular formula is C13H16N2O3. The van der Waals surface area contributed by atoms with E-state index >= 15 is 0 Å². The van der Waals surface area contributed by atoms with Gasteiger partial charge in [0, 0.05) is 5.69 Å². The number of rotatable bonds is 3. The molecule has 0 saturated carbocycles. The van der Waals surface area contributed by atoms with Crippen molar-refractivity contribution < 1.29 is 14.3 Å². The van der Waals surface area contributed by atoms with E-state index in [9.17, 15) is 9.59 Å². The number of anilines is 1. The SMILES string of the molecule is CCOC(=O)N[C@@H](C)c1ccc2c(c1)CC(=O)N2. The minimum Gasteiger partial charge on any atom is -0.450 e. The Kier molecular flexibility index (Phi) is 3.50. The van der Waals surface area contributed by atoms with Crippen molar-refractivity contribution in [1.29, 1.82) is 0 Å². The second-order valence-corrected chi connectivity index (χ2v) is 4.23. The molecule has 0 bridgehead atoms. The first-order valence-corrected chi connectivity index (χ1v) is 5.96. The van der Waals surface area contributed by atoms with Crippen LogP contribution in [0.4, 0.5) is 10.5 Å². The van der Waals surface area contributed by atoms with E-state index in [0.29, 0.717) is 13.0 Å². The van der Waals surface area contributed by atoms with Crippen LogP contribution in [0.15, 0.2) is 18.2 Å². The van der Waals surface area contributed by atoms with Crippen LogP contribution in [0.1, 0.15) is 31.0 Å². The first kappa shape index (κ1) is 12.4. The van der Waals surface area contributed by atoms with Gasteiger partial charge in [0.05, 0.1) is 19.1 Å². The number of amides is 2. The summed E-state index contributed by atoms with van der Waals surface area (Å²) in [5.41, 5.74) is 2.78. The Bertz CT molecular complexity index is 485. The van der Waals surface area contributed by atoms with Crippen molar-refractivity contribution in [3.63, 3.8) is 0 Å². The summed E-state index contributed by atoms with van der Waals surface area (Å²) in [6.07, 6.45) is -0.0327. The number of alkyl carbamates (subject to hydrolysis) is 1. The van der Waals surface area contributed by atoms with E-state index in [-0.39, 0.29) is 11.9 Å². The van der Waals surface area contributed by atoms with E-state index < -0.39 is 6.09 Å². The van der Waals surface area contributed by atoms with Gasteiger partial charge in [-0.1, -0.05) is 12.1 Å². The molecular weight excluding hydrogens is 232 g/mol. The summed E-state index contributed by atoms with van der Waals surface area (Å²) >= 11 is 0. The number of hydrogen-bond acceptors (Lipinski definition) is 3. The van der Waals surface area contributed by atoms with Gasteiger partial charge in [-0.05, 0) is 31.0 Å². The normalized spacial score (nSPS) is 14.7. The Morgan fingerprint density at radius 3 is 3.06 bits per heavy atom. The topological polar surface area (TPSA) is 67.4 Å². The number of fused-ring (bicyclic) bond motifs is 1. The number of nitrogens with one attached hydrogen (secondary N) is 2. The van der Waals surface area contributed by atoms with E-state index in [4.69, 9.17) is 4.74 Å². The Hall–Kier alpha value is -2.04. The molecule has 1 aromatic rings. The fraction of sp³-hybridized carbons (Fsp3) is 0.385. The van der Waals surface area contributed by atoms with Gasteiger partial charge in [0.1, 0.15) is 0 Å². The molecule has 0 fully saturated rings. The Morgan fingerprint density at radius 1 is 1.56 bits per heavy atom. The molecule has 0 radical (unpaired) electrons. The average molecular weight is 248 g/mol. The van der Waals surface area contributed by atoms with Gasteiger partial charge < -0.3 is 15.4 Å². The lowest BCUT2D eigenvalue weighted by Gasteiger charge is -2.14. The molecule has 96 valence electrons. The smallest absolute Gasteiger partial charge is 0.407 e. The molecule has 5 heteroatoms. The van der Waals surface area contributed by atoms with E-state index in [1.807, 2.05) is 25.1 Å². The highest BCUT2D eigenvalue weighted by Gasteiger charge is 2.19. The average Bonchev–Trinajstić information content (AvgIpc) is 2.68. The van der Waals surface area contributed by atoms with Crippen molar-refractivity contribution in [2.75, 3.05) is 11.9 Å². The summed E-state index contributed by atoms with van der Waals surface area (Å²) in [7, 11) is 0. The third kappa shape index (κ3) is 2.61. The molecule has 1 aromatic carbocycles. The number of benzene rings is 1. The third-order valence-corrected chi connectivity index (χ3v) is 2.86. The summed E-state index contributed by atoms with van der Waals surface area (Å²) < 4.78 is 4.83. The number of ether oxygens (including phenoxy) is 1. The molecule has 0 spiro atoms. The lowest BCUT2D eigenvalue weighted by molar-refractivity contribution is -0.115. The largest absolute Gasteiger partial charge is 0.450 e. The first-order valence-electron chi connectivity index (χ1n) is 5.96. The maximum absolute atomic E-state index is 11.3. The van der Waals surface area contributed by atoms with Gasteiger partial charge in [0.15, 0.2) is 0 Å². The predicted octanol–water partition coefficient (Wildman–Crippen LogP) is 1.99. The van der Waals surface area contributed by atoms with Crippen LogP contribution in [0.25, 0.3) is 0 Å². The molecule has 1 aliphatic rings. The van der Waals surface area contributed by atoms with E-state index in [1.54, 1.807) is 6.92 Å². The zero-order valence-corrected chi connectivity index (χ0v) is 10.4. The molecule has 0 unspecified atom stereocenters. The van der Waals surface area contributed by atoms with Gasteiger partial charge in [-0.25, -0.2) is 4.79 Å². The monoisotopic (exact) mass is 248 g/mol. The van der Waals surface area contributed by atoms with Crippen molar-refractivity contribution >= 4 is 17.7 Å². The molecule has 2 amide bonds. The highest BCUT2D eigenvalue weighted by molar-refractivity contribution is 5.99. The van der Waals surface area contributed by atoms with Crippen molar-refractivity contribution in [2.45, 2.75) is 26.3 Å². The zero-order valence-electron chi connectivity index (χ0n) is 10.4. The molecule has 18 heavy (non-hydrogen) atoms. The second kappa shape index (κ2) is 5.08. The highest BCUT2D eigenvalue weighted by atomic mass is 16.5. The minimum atomic E-state index is -0.431.